The summed E-state index contributed by atoms with van der Waals surface area (Å²) in [6, 6.07) is 0. The van der Waals surface area contributed by atoms with E-state index in [9.17, 15) is 18.0 Å². The number of nitrogens with zero attached hydrogens (tertiary/aromatic N) is 1. The molecule has 0 saturated carbocycles. The van der Waals surface area contributed by atoms with Gasteiger partial charge in [-0.3, -0.25) is 4.99 Å². The van der Waals surface area contributed by atoms with Crippen LogP contribution in [0, 0.1) is 5.41 Å². The third-order valence-electron chi connectivity index (χ3n) is 2.96. The maximum Gasteiger partial charge on any atom is 0.434 e. The summed E-state index contributed by atoms with van der Waals surface area (Å²) in [6.45, 7) is 8.65. The molecule has 0 aliphatic heterocycles. The SMILES string of the molecule is C=C(NC)C(C)(C)/C=C/N=C(/C(=C\N)C(=O)OCC)C(F)(F)F. The highest BCUT2D eigenvalue weighted by atomic mass is 19.4. The molecule has 0 saturated heterocycles. The van der Waals surface area contributed by atoms with Gasteiger partial charge in [0.1, 0.15) is 5.57 Å². The molecule has 5 nitrogen and oxygen atoms in total. The monoisotopic (exact) mass is 333 g/mol. The summed E-state index contributed by atoms with van der Waals surface area (Å²) < 4.78 is 43.9. The van der Waals surface area contributed by atoms with Gasteiger partial charge in [-0.2, -0.15) is 13.2 Å². The molecule has 0 bridgehead atoms. The first-order valence-electron chi connectivity index (χ1n) is 6.80. The number of halogens is 3. The lowest BCUT2D eigenvalue weighted by molar-refractivity contribution is -0.138. The van der Waals surface area contributed by atoms with Gasteiger partial charge >= 0.3 is 12.1 Å². The van der Waals surface area contributed by atoms with Gasteiger partial charge in [-0.25, -0.2) is 4.79 Å². The summed E-state index contributed by atoms with van der Waals surface area (Å²) in [6.07, 6.45) is -1.92. The van der Waals surface area contributed by atoms with Crippen molar-refractivity contribution in [3.63, 3.8) is 0 Å². The standard InChI is InChI=1S/C15H22F3N3O2/c1-6-23-13(22)11(9-19)12(15(16,17)18)21-8-7-14(3,4)10(2)20-5/h7-9,20H,2,6,19H2,1,3-5H3/b8-7+,11-9+,21-12-. The zero-order valence-corrected chi connectivity index (χ0v) is 13.6. The van der Waals surface area contributed by atoms with E-state index in [0.29, 0.717) is 11.9 Å². The molecule has 0 fully saturated rings. The number of carbonyl (C=O) groups is 1. The van der Waals surface area contributed by atoms with Gasteiger partial charge in [0, 0.05) is 30.6 Å². The summed E-state index contributed by atoms with van der Waals surface area (Å²) in [7, 11) is 1.65. The lowest BCUT2D eigenvalue weighted by Gasteiger charge is -2.22. The number of allylic oxidation sites excluding steroid dienone is 1. The van der Waals surface area contributed by atoms with Crippen LogP contribution in [0.2, 0.25) is 0 Å². The molecule has 0 aliphatic carbocycles. The molecule has 0 atom stereocenters. The molecule has 3 N–H and O–H groups in total. The second-order valence-corrected chi connectivity index (χ2v) is 5.04. The molecule has 0 amide bonds. The van der Waals surface area contributed by atoms with Crippen molar-refractivity contribution in [2.75, 3.05) is 13.7 Å². The second-order valence-electron chi connectivity index (χ2n) is 5.04. The number of nitrogens with one attached hydrogen (secondary N) is 1. The number of alkyl halides is 3. The molecule has 0 heterocycles. The number of nitrogens with two attached hydrogens (primary N) is 1. The number of hydrogen-bond donors (Lipinski definition) is 2. The average Bonchev–Trinajstić information content (AvgIpc) is 2.44. The van der Waals surface area contributed by atoms with E-state index < -0.39 is 28.8 Å². The van der Waals surface area contributed by atoms with E-state index in [1.54, 1.807) is 20.9 Å². The molecule has 23 heavy (non-hydrogen) atoms. The van der Waals surface area contributed by atoms with Crippen molar-refractivity contribution in [2.24, 2.45) is 16.1 Å². The van der Waals surface area contributed by atoms with Gasteiger partial charge in [-0.15, -0.1) is 0 Å². The van der Waals surface area contributed by atoms with E-state index in [-0.39, 0.29) is 6.61 Å². The lowest BCUT2D eigenvalue weighted by Crippen LogP contribution is -2.30. The van der Waals surface area contributed by atoms with E-state index >= 15 is 0 Å². The van der Waals surface area contributed by atoms with E-state index in [1.165, 1.54) is 13.0 Å². The number of ether oxygens (including phenoxy) is 1. The summed E-state index contributed by atoms with van der Waals surface area (Å²) in [5.41, 5.74) is 2.84. The van der Waals surface area contributed by atoms with E-state index in [0.717, 1.165) is 6.20 Å². The van der Waals surface area contributed by atoms with Gasteiger partial charge in [0.25, 0.3) is 0 Å². The van der Waals surface area contributed by atoms with Gasteiger partial charge in [0.15, 0.2) is 5.71 Å². The van der Waals surface area contributed by atoms with Crippen molar-refractivity contribution >= 4 is 11.7 Å². The lowest BCUT2D eigenvalue weighted by atomic mass is 9.90. The van der Waals surface area contributed by atoms with Crippen LogP contribution in [0.5, 0.6) is 0 Å². The summed E-state index contributed by atoms with van der Waals surface area (Å²) in [5.74, 6) is -1.18. The maximum absolute atomic E-state index is 13.1. The van der Waals surface area contributed by atoms with Gasteiger partial charge < -0.3 is 15.8 Å². The second kappa shape index (κ2) is 8.40. The number of rotatable bonds is 7. The highest BCUT2D eigenvalue weighted by Gasteiger charge is 2.40. The quantitative estimate of drug-likeness (QED) is 0.427. The Labute approximate surface area is 133 Å². The highest BCUT2D eigenvalue weighted by molar-refractivity contribution is 6.22. The first kappa shape index (κ1) is 20.8. The van der Waals surface area contributed by atoms with Gasteiger partial charge in [0.05, 0.1) is 6.61 Å². The van der Waals surface area contributed by atoms with E-state index in [2.05, 4.69) is 21.6 Å². The number of esters is 1. The third-order valence-corrected chi connectivity index (χ3v) is 2.96. The van der Waals surface area contributed by atoms with Crippen molar-refractivity contribution in [2.45, 2.75) is 26.9 Å². The molecule has 8 heteroatoms. The number of carbonyl (C=O) groups excluding carboxylic acids is 1. The molecule has 0 radical (unpaired) electrons. The minimum atomic E-state index is -4.85. The molecular weight excluding hydrogens is 311 g/mol. The zero-order chi connectivity index (χ0) is 18.3. The molecule has 0 aromatic carbocycles. The Morgan fingerprint density at radius 1 is 1.39 bits per heavy atom. The first-order valence-corrected chi connectivity index (χ1v) is 6.80. The number of aliphatic imine (C=N–C) groups is 1. The molecule has 0 rings (SSSR count). The Morgan fingerprint density at radius 2 is 1.96 bits per heavy atom. The maximum atomic E-state index is 13.1. The van der Waals surface area contributed by atoms with Crippen molar-refractivity contribution in [1.29, 1.82) is 0 Å². The first-order chi connectivity index (χ1) is 10.5. The fourth-order valence-electron chi connectivity index (χ4n) is 1.47. The Morgan fingerprint density at radius 3 is 2.35 bits per heavy atom. The van der Waals surface area contributed by atoms with Crippen LogP contribution in [0.4, 0.5) is 13.2 Å². The van der Waals surface area contributed by atoms with Crippen molar-refractivity contribution in [1.82, 2.24) is 5.32 Å². The molecule has 130 valence electrons. The predicted octanol–water partition coefficient (Wildman–Crippen LogP) is 2.67. The topological polar surface area (TPSA) is 76.7 Å². The zero-order valence-electron chi connectivity index (χ0n) is 13.6. The summed E-state index contributed by atoms with van der Waals surface area (Å²) >= 11 is 0. The normalized spacial score (nSPS) is 14.0. The van der Waals surface area contributed by atoms with Crippen molar-refractivity contribution in [3.8, 4) is 0 Å². The fourth-order valence-corrected chi connectivity index (χ4v) is 1.47. The van der Waals surface area contributed by atoms with Gasteiger partial charge in [0.2, 0.25) is 0 Å². The van der Waals surface area contributed by atoms with Crippen molar-refractivity contribution < 1.29 is 22.7 Å². The minimum absolute atomic E-state index is 0.0772. The smallest absolute Gasteiger partial charge is 0.434 e. The van der Waals surface area contributed by atoms with Crippen LogP contribution >= 0.6 is 0 Å². The average molecular weight is 333 g/mol. The fraction of sp³-hybridized carbons (Fsp3) is 0.467. The molecule has 0 aromatic heterocycles. The highest BCUT2D eigenvalue weighted by Crippen LogP contribution is 2.26. The molecule has 0 spiro atoms. The largest absolute Gasteiger partial charge is 0.462 e. The van der Waals surface area contributed by atoms with Crippen LogP contribution in [0.25, 0.3) is 0 Å². The summed E-state index contributed by atoms with van der Waals surface area (Å²) in [5, 5.41) is 2.82. The molecule has 0 aromatic rings. The molecular formula is C15H22F3N3O2. The van der Waals surface area contributed by atoms with Crippen LogP contribution < -0.4 is 11.1 Å². The van der Waals surface area contributed by atoms with E-state index in [1.807, 2.05) is 0 Å². The molecule has 0 unspecified atom stereocenters. The summed E-state index contributed by atoms with van der Waals surface area (Å²) in [4.78, 5) is 14.9. The number of hydrogen-bond acceptors (Lipinski definition) is 5. The van der Waals surface area contributed by atoms with Crippen LogP contribution in [0.15, 0.2) is 41.3 Å². The van der Waals surface area contributed by atoms with Crippen LogP contribution in [-0.4, -0.2) is 31.5 Å². The Hall–Kier alpha value is -2.25. The van der Waals surface area contributed by atoms with E-state index in [4.69, 9.17) is 5.73 Å². The predicted molar refractivity (Wildman–Crippen MR) is 83.5 cm³/mol. The Bertz CT molecular complexity index is 533. The van der Waals surface area contributed by atoms with Crippen LogP contribution in [0.3, 0.4) is 0 Å². The third kappa shape index (κ3) is 6.17. The van der Waals surface area contributed by atoms with Crippen LogP contribution in [-0.2, 0) is 9.53 Å². The minimum Gasteiger partial charge on any atom is -0.462 e. The Kier molecular flexibility index (Phi) is 7.58. The van der Waals surface area contributed by atoms with Gasteiger partial charge in [-0.05, 0) is 6.92 Å². The molecule has 0 aliphatic rings. The van der Waals surface area contributed by atoms with Crippen LogP contribution in [0.1, 0.15) is 20.8 Å². The Balaban J connectivity index is 5.68. The van der Waals surface area contributed by atoms with Crippen molar-refractivity contribution in [3.05, 3.63) is 36.3 Å². The van der Waals surface area contributed by atoms with Gasteiger partial charge in [-0.1, -0.05) is 26.5 Å².